The van der Waals surface area contributed by atoms with Gasteiger partial charge in [-0.15, -0.1) is 0 Å². The summed E-state index contributed by atoms with van der Waals surface area (Å²) in [6.45, 7) is -0.247. The van der Waals surface area contributed by atoms with Crippen LogP contribution in [0.2, 0.25) is 0 Å². The van der Waals surface area contributed by atoms with Crippen molar-refractivity contribution in [1.82, 2.24) is 14.1 Å². The molecule has 0 spiro atoms. The Bertz CT molecular complexity index is 774. The lowest BCUT2D eigenvalue weighted by atomic mass is 10.2. The number of benzene rings is 1. The first-order valence-electron chi connectivity index (χ1n) is 5.91. The van der Waals surface area contributed by atoms with Crippen LogP contribution in [0.5, 0.6) is 0 Å². The maximum Gasteiger partial charge on any atom is 0.248 e. The molecule has 0 bridgehead atoms. The van der Waals surface area contributed by atoms with E-state index in [9.17, 15) is 17.2 Å². The van der Waals surface area contributed by atoms with E-state index in [0.717, 1.165) is 10.4 Å². The van der Waals surface area contributed by atoms with E-state index in [1.165, 1.54) is 31.0 Å². The van der Waals surface area contributed by atoms with Crippen LogP contribution in [0.25, 0.3) is 0 Å². The van der Waals surface area contributed by atoms with Gasteiger partial charge in [-0.2, -0.15) is 9.40 Å². The highest BCUT2D eigenvalue weighted by Gasteiger charge is 2.26. The molecule has 2 N–H and O–H groups in total. The Hall–Kier alpha value is -2.00. The van der Waals surface area contributed by atoms with Crippen molar-refractivity contribution >= 4 is 15.8 Å². The van der Waals surface area contributed by atoms with Gasteiger partial charge in [0.25, 0.3) is 0 Å². The SMILES string of the molecule is CN(Cc1ccc(F)cc1F)S(=O)(=O)c1cn(C)nc1N. The van der Waals surface area contributed by atoms with Crippen LogP contribution in [0, 0.1) is 11.6 Å². The average Bonchev–Trinajstić information content (AvgIpc) is 2.72. The van der Waals surface area contributed by atoms with E-state index in [1.807, 2.05) is 0 Å². The molecule has 21 heavy (non-hydrogen) atoms. The highest BCUT2D eigenvalue weighted by Crippen LogP contribution is 2.22. The molecule has 2 rings (SSSR count). The number of aryl methyl sites for hydroxylation is 1. The van der Waals surface area contributed by atoms with Gasteiger partial charge in [0.15, 0.2) is 5.82 Å². The molecular formula is C12H14F2N4O2S. The molecule has 1 aromatic heterocycles. The summed E-state index contributed by atoms with van der Waals surface area (Å²) in [6.07, 6.45) is 1.27. The predicted molar refractivity (Wildman–Crippen MR) is 72.6 cm³/mol. The van der Waals surface area contributed by atoms with Gasteiger partial charge in [0.1, 0.15) is 16.5 Å². The molecule has 0 saturated heterocycles. The second-order valence-corrected chi connectivity index (χ2v) is 6.56. The Morgan fingerprint density at radius 3 is 2.57 bits per heavy atom. The molecule has 0 aliphatic rings. The molecule has 1 aromatic carbocycles. The maximum absolute atomic E-state index is 13.6. The second-order valence-electron chi connectivity index (χ2n) is 4.55. The molecule has 6 nitrogen and oxygen atoms in total. The van der Waals surface area contributed by atoms with E-state index in [4.69, 9.17) is 5.73 Å². The number of anilines is 1. The van der Waals surface area contributed by atoms with Crippen LogP contribution in [0.4, 0.5) is 14.6 Å². The van der Waals surface area contributed by atoms with Crippen LogP contribution in [-0.4, -0.2) is 29.6 Å². The van der Waals surface area contributed by atoms with Gasteiger partial charge >= 0.3 is 0 Å². The molecule has 1 heterocycles. The summed E-state index contributed by atoms with van der Waals surface area (Å²) in [5.74, 6) is -1.67. The summed E-state index contributed by atoms with van der Waals surface area (Å²) in [5.41, 5.74) is 5.61. The summed E-state index contributed by atoms with van der Waals surface area (Å²) in [7, 11) is -1.09. The number of rotatable bonds is 4. The summed E-state index contributed by atoms with van der Waals surface area (Å²) in [5, 5.41) is 3.76. The third-order valence-electron chi connectivity index (χ3n) is 2.92. The van der Waals surface area contributed by atoms with Gasteiger partial charge in [-0.25, -0.2) is 17.2 Å². The van der Waals surface area contributed by atoms with Crippen LogP contribution >= 0.6 is 0 Å². The number of hydrogen-bond acceptors (Lipinski definition) is 4. The number of halogens is 2. The minimum Gasteiger partial charge on any atom is -0.381 e. The largest absolute Gasteiger partial charge is 0.381 e. The third-order valence-corrected chi connectivity index (χ3v) is 4.74. The van der Waals surface area contributed by atoms with E-state index in [1.54, 1.807) is 0 Å². The van der Waals surface area contributed by atoms with Gasteiger partial charge in [-0.05, 0) is 6.07 Å². The van der Waals surface area contributed by atoms with Crippen molar-refractivity contribution in [1.29, 1.82) is 0 Å². The quantitative estimate of drug-likeness (QED) is 0.916. The molecule has 114 valence electrons. The molecule has 0 atom stereocenters. The van der Waals surface area contributed by atoms with Crippen molar-refractivity contribution in [3.63, 3.8) is 0 Å². The molecule has 2 aromatic rings. The van der Waals surface area contributed by atoms with Crippen molar-refractivity contribution in [3.05, 3.63) is 41.6 Å². The zero-order valence-corrected chi connectivity index (χ0v) is 12.2. The lowest BCUT2D eigenvalue weighted by Crippen LogP contribution is -2.27. The molecule has 0 fully saturated rings. The van der Waals surface area contributed by atoms with Crippen LogP contribution < -0.4 is 5.73 Å². The van der Waals surface area contributed by atoms with Gasteiger partial charge < -0.3 is 5.73 Å². The molecular weight excluding hydrogens is 302 g/mol. The van der Waals surface area contributed by atoms with E-state index in [-0.39, 0.29) is 22.8 Å². The molecule has 0 aliphatic heterocycles. The molecule has 0 amide bonds. The highest BCUT2D eigenvalue weighted by atomic mass is 32.2. The average molecular weight is 316 g/mol. The van der Waals surface area contributed by atoms with Crippen LogP contribution in [0.3, 0.4) is 0 Å². The minimum absolute atomic E-state index is 0.0601. The fourth-order valence-electron chi connectivity index (χ4n) is 1.83. The first kappa shape index (κ1) is 15.4. The van der Waals surface area contributed by atoms with Crippen LogP contribution in [0.15, 0.2) is 29.3 Å². The van der Waals surface area contributed by atoms with Crippen molar-refractivity contribution in [2.45, 2.75) is 11.4 Å². The van der Waals surface area contributed by atoms with Gasteiger partial charge in [-0.3, -0.25) is 4.68 Å². The predicted octanol–water partition coefficient (Wildman–Crippen LogP) is 1.10. The zero-order valence-electron chi connectivity index (χ0n) is 11.4. The standard InChI is InChI=1S/C12H14F2N4O2S/c1-17-7-11(12(15)16-17)21(19,20)18(2)6-8-3-4-9(13)5-10(8)14/h3-5,7H,6H2,1-2H3,(H2,15,16). The molecule has 9 heteroatoms. The number of nitrogen functional groups attached to an aromatic ring is 1. The monoisotopic (exact) mass is 316 g/mol. The lowest BCUT2D eigenvalue weighted by molar-refractivity contribution is 0.455. The lowest BCUT2D eigenvalue weighted by Gasteiger charge is -2.16. The minimum atomic E-state index is -3.91. The van der Waals surface area contributed by atoms with Gasteiger partial charge in [0.05, 0.1) is 0 Å². The Kier molecular flexibility index (Phi) is 3.97. The van der Waals surface area contributed by atoms with Gasteiger partial charge in [-0.1, -0.05) is 6.07 Å². The zero-order chi connectivity index (χ0) is 15.8. The summed E-state index contributed by atoms with van der Waals surface area (Å²) >= 11 is 0. The van der Waals surface area contributed by atoms with E-state index in [2.05, 4.69) is 5.10 Å². The normalized spacial score (nSPS) is 12.0. The second kappa shape index (κ2) is 5.41. The van der Waals surface area contributed by atoms with Gasteiger partial charge in [0, 0.05) is 38.5 Å². The van der Waals surface area contributed by atoms with Crippen molar-refractivity contribution in [2.75, 3.05) is 12.8 Å². The smallest absolute Gasteiger partial charge is 0.248 e. The Morgan fingerprint density at radius 2 is 2.05 bits per heavy atom. The molecule has 0 saturated carbocycles. The van der Waals surface area contributed by atoms with Gasteiger partial charge in [0.2, 0.25) is 10.0 Å². The first-order valence-corrected chi connectivity index (χ1v) is 7.35. The molecule has 0 aliphatic carbocycles. The van der Waals surface area contributed by atoms with Crippen LogP contribution in [-0.2, 0) is 23.6 Å². The number of aromatic nitrogens is 2. The molecule has 0 unspecified atom stereocenters. The fourth-order valence-corrected chi connectivity index (χ4v) is 3.06. The highest BCUT2D eigenvalue weighted by molar-refractivity contribution is 7.89. The fraction of sp³-hybridized carbons (Fsp3) is 0.250. The topological polar surface area (TPSA) is 81.2 Å². The van der Waals surface area contributed by atoms with E-state index < -0.39 is 21.7 Å². The Morgan fingerprint density at radius 1 is 1.38 bits per heavy atom. The van der Waals surface area contributed by atoms with Crippen molar-refractivity contribution in [2.24, 2.45) is 7.05 Å². The number of nitrogens with zero attached hydrogens (tertiary/aromatic N) is 3. The Balaban J connectivity index is 2.31. The van der Waals surface area contributed by atoms with E-state index >= 15 is 0 Å². The Labute approximate surface area is 120 Å². The maximum atomic E-state index is 13.6. The molecule has 0 radical (unpaired) electrons. The summed E-state index contributed by atoms with van der Waals surface area (Å²) < 4.78 is 53.3. The number of sulfonamides is 1. The summed E-state index contributed by atoms with van der Waals surface area (Å²) in [4.78, 5) is -0.157. The van der Waals surface area contributed by atoms with Crippen molar-refractivity contribution < 1.29 is 17.2 Å². The van der Waals surface area contributed by atoms with Crippen LogP contribution in [0.1, 0.15) is 5.56 Å². The third kappa shape index (κ3) is 3.03. The first-order chi connectivity index (χ1) is 9.71. The van der Waals surface area contributed by atoms with Crippen molar-refractivity contribution in [3.8, 4) is 0 Å². The van der Waals surface area contributed by atoms with E-state index in [0.29, 0.717) is 6.07 Å². The number of hydrogen-bond donors (Lipinski definition) is 1. The number of nitrogens with two attached hydrogens (primary N) is 1. The summed E-state index contributed by atoms with van der Waals surface area (Å²) in [6, 6.07) is 2.97.